The number of nitrogens with one attached hydrogen (secondary N) is 2. The molecule has 2 aliphatic carbocycles. The lowest BCUT2D eigenvalue weighted by molar-refractivity contribution is 0.0857. The van der Waals surface area contributed by atoms with Crippen molar-refractivity contribution in [1.82, 2.24) is 10.3 Å². The van der Waals surface area contributed by atoms with E-state index in [2.05, 4.69) is 10.3 Å². The largest absolute Gasteiger partial charge is 0.396 e. The van der Waals surface area contributed by atoms with Crippen molar-refractivity contribution in [2.45, 2.75) is 25.3 Å². The van der Waals surface area contributed by atoms with Crippen LogP contribution in [0.1, 0.15) is 29.8 Å². The lowest BCUT2D eigenvalue weighted by Crippen LogP contribution is -2.45. The fraction of sp³-hybridized carbons (Fsp3) is 0.471. The molecule has 2 aromatic rings. The van der Waals surface area contributed by atoms with Crippen LogP contribution in [0.15, 0.2) is 24.3 Å². The van der Waals surface area contributed by atoms with Gasteiger partial charge in [0.15, 0.2) is 0 Å². The van der Waals surface area contributed by atoms with E-state index in [1.807, 2.05) is 0 Å². The zero-order chi connectivity index (χ0) is 15.3. The lowest BCUT2D eigenvalue weighted by atomic mass is 9.85. The molecule has 0 spiro atoms. The molecule has 3 N–H and O–H groups in total. The second kappa shape index (κ2) is 5.09. The van der Waals surface area contributed by atoms with Crippen LogP contribution in [0.25, 0.3) is 10.9 Å². The van der Waals surface area contributed by atoms with Gasteiger partial charge in [-0.2, -0.15) is 0 Å². The number of aromatic nitrogens is 1. The van der Waals surface area contributed by atoms with E-state index in [4.69, 9.17) is 0 Å². The number of amides is 1. The van der Waals surface area contributed by atoms with Gasteiger partial charge in [-0.25, -0.2) is 4.39 Å². The number of carbonyl (C=O) groups is 1. The van der Waals surface area contributed by atoms with Crippen molar-refractivity contribution in [2.24, 2.45) is 17.8 Å². The van der Waals surface area contributed by atoms with Gasteiger partial charge < -0.3 is 15.4 Å². The number of fused-ring (bicyclic) bond motifs is 3. The molecule has 22 heavy (non-hydrogen) atoms. The Balaban J connectivity index is 1.57. The van der Waals surface area contributed by atoms with Crippen LogP contribution >= 0.6 is 0 Å². The fourth-order valence-electron chi connectivity index (χ4n) is 4.37. The first-order valence-corrected chi connectivity index (χ1v) is 7.86. The van der Waals surface area contributed by atoms with Crippen molar-refractivity contribution < 1.29 is 14.3 Å². The Morgan fingerprint density at radius 2 is 2.18 bits per heavy atom. The van der Waals surface area contributed by atoms with Crippen LogP contribution in [-0.2, 0) is 0 Å². The van der Waals surface area contributed by atoms with Crippen LogP contribution in [0.2, 0.25) is 0 Å². The SMILES string of the molecule is O=C(NC1C2CCC(C2)C1CO)c1cc2c(F)cccc2[nH]1. The normalized spacial score (nSPS) is 30.1. The number of carbonyl (C=O) groups excluding carboxylic acids is 1. The standard InChI is InChI=1S/C17H19FN2O2/c18-13-2-1-3-14-11(13)7-15(19-14)17(22)20-16-10-5-4-9(6-10)12(16)8-21/h1-3,7,9-10,12,16,19,21H,4-6,8H2,(H,20,22). The van der Waals surface area contributed by atoms with Gasteiger partial charge in [0.25, 0.3) is 5.91 Å². The van der Waals surface area contributed by atoms with E-state index in [0.29, 0.717) is 28.4 Å². The summed E-state index contributed by atoms with van der Waals surface area (Å²) >= 11 is 0. The van der Waals surface area contributed by atoms with E-state index in [9.17, 15) is 14.3 Å². The van der Waals surface area contributed by atoms with Gasteiger partial charge in [0.2, 0.25) is 0 Å². The van der Waals surface area contributed by atoms with Gasteiger partial charge >= 0.3 is 0 Å². The molecule has 4 rings (SSSR count). The van der Waals surface area contributed by atoms with Crippen molar-refractivity contribution in [3.8, 4) is 0 Å². The van der Waals surface area contributed by atoms with Crippen molar-refractivity contribution in [3.05, 3.63) is 35.8 Å². The molecular formula is C17H19FN2O2. The van der Waals surface area contributed by atoms with Gasteiger partial charge in [0.05, 0.1) is 0 Å². The Labute approximate surface area is 127 Å². The van der Waals surface area contributed by atoms with Crippen molar-refractivity contribution in [1.29, 1.82) is 0 Å². The third-order valence-electron chi connectivity index (χ3n) is 5.45. The van der Waals surface area contributed by atoms with Crippen LogP contribution < -0.4 is 5.32 Å². The van der Waals surface area contributed by atoms with E-state index in [0.717, 1.165) is 19.3 Å². The minimum absolute atomic E-state index is 0.0347. The third-order valence-corrected chi connectivity index (χ3v) is 5.45. The molecule has 2 bridgehead atoms. The van der Waals surface area contributed by atoms with E-state index in [-0.39, 0.29) is 30.3 Å². The maximum atomic E-state index is 13.7. The molecule has 0 saturated heterocycles. The Morgan fingerprint density at radius 3 is 2.95 bits per heavy atom. The summed E-state index contributed by atoms with van der Waals surface area (Å²) in [5.41, 5.74) is 0.997. The number of halogens is 1. The molecular weight excluding hydrogens is 283 g/mol. The molecule has 116 valence electrons. The highest BCUT2D eigenvalue weighted by atomic mass is 19.1. The molecule has 2 saturated carbocycles. The van der Waals surface area contributed by atoms with Crippen molar-refractivity contribution in [2.75, 3.05) is 6.61 Å². The number of aliphatic hydroxyl groups is 1. The Kier molecular flexibility index (Phi) is 3.18. The first-order valence-electron chi connectivity index (χ1n) is 7.86. The van der Waals surface area contributed by atoms with E-state index in [1.165, 1.54) is 6.07 Å². The number of aromatic amines is 1. The lowest BCUT2D eigenvalue weighted by Gasteiger charge is -2.30. The molecule has 1 amide bonds. The molecule has 4 unspecified atom stereocenters. The minimum atomic E-state index is -0.332. The van der Waals surface area contributed by atoms with Crippen molar-refractivity contribution >= 4 is 16.8 Å². The second-order valence-corrected chi connectivity index (χ2v) is 6.56. The quantitative estimate of drug-likeness (QED) is 0.815. The summed E-state index contributed by atoms with van der Waals surface area (Å²) in [7, 11) is 0. The van der Waals surface area contributed by atoms with Crippen LogP contribution in [0, 0.1) is 23.6 Å². The molecule has 2 aliphatic rings. The van der Waals surface area contributed by atoms with Gasteiger partial charge in [0, 0.05) is 29.5 Å². The van der Waals surface area contributed by atoms with Gasteiger partial charge in [-0.05, 0) is 49.3 Å². The van der Waals surface area contributed by atoms with Crippen LogP contribution in [0.5, 0.6) is 0 Å². The highest BCUT2D eigenvalue weighted by Gasteiger charge is 2.47. The predicted molar refractivity (Wildman–Crippen MR) is 80.9 cm³/mol. The number of hydrogen-bond donors (Lipinski definition) is 3. The van der Waals surface area contributed by atoms with Gasteiger partial charge in [-0.15, -0.1) is 0 Å². The van der Waals surface area contributed by atoms with E-state index < -0.39 is 0 Å². The first kappa shape index (κ1) is 13.8. The monoisotopic (exact) mass is 302 g/mol. The Hall–Kier alpha value is -1.88. The average Bonchev–Trinajstić information content (AvgIpc) is 3.21. The summed E-state index contributed by atoms with van der Waals surface area (Å²) < 4.78 is 13.7. The van der Waals surface area contributed by atoms with Crippen LogP contribution in [-0.4, -0.2) is 28.6 Å². The van der Waals surface area contributed by atoms with Crippen LogP contribution in [0.3, 0.4) is 0 Å². The summed E-state index contributed by atoms with van der Waals surface area (Å²) in [6, 6.07) is 6.35. The molecule has 4 atom stereocenters. The number of benzene rings is 1. The van der Waals surface area contributed by atoms with Gasteiger partial charge in [-0.3, -0.25) is 4.79 Å². The molecule has 0 radical (unpaired) electrons. The van der Waals surface area contributed by atoms with E-state index in [1.54, 1.807) is 18.2 Å². The number of hydrogen-bond acceptors (Lipinski definition) is 2. The Morgan fingerprint density at radius 1 is 1.36 bits per heavy atom. The first-order chi connectivity index (χ1) is 10.7. The maximum Gasteiger partial charge on any atom is 0.267 e. The van der Waals surface area contributed by atoms with Crippen molar-refractivity contribution in [3.63, 3.8) is 0 Å². The summed E-state index contributed by atoms with van der Waals surface area (Å²) in [6.45, 7) is 0.118. The maximum absolute atomic E-state index is 13.7. The molecule has 1 aromatic heterocycles. The number of H-pyrrole nitrogens is 1. The number of rotatable bonds is 3. The summed E-state index contributed by atoms with van der Waals surface area (Å²) in [5, 5.41) is 13.1. The molecule has 2 fully saturated rings. The summed E-state index contributed by atoms with van der Waals surface area (Å²) in [4.78, 5) is 15.4. The highest BCUT2D eigenvalue weighted by molar-refractivity contribution is 5.98. The zero-order valence-electron chi connectivity index (χ0n) is 12.2. The molecule has 0 aliphatic heterocycles. The molecule has 4 nitrogen and oxygen atoms in total. The Bertz CT molecular complexity index is 727. The number of aliphatic hydroxyl groups excluding tert-OH is 1. The molecule has 1 heterocycles. The topological polar surface area (TPSA) is 65.1 Å². The second-order valence-electron chi connectivity index (χ2n) is 6.56. The zero-order valence-corrected chi connectivity index (χ0v) is 12.2. The van der Waals surface area contributed by atoms with E-state index >= 15 is 0 Å². The highest BCUT2D eigenvalue weighted by Crippen LogP contribution is 2.48. The molecule has 1 aromatic carbocycles. The summed E-state index contributed by atoms with van der Waals surface area (Å²) in [6.07, 6.45) is 3.37. The predicted octanol–water partition coefficient (Wildman–Crippen LogP) is 2.44. The average molecular weight is 302 g/mol. The minimum Gasteiger partial charge on any atom is -0.396 e. The third kappa shape index (κ3) is 2.03. The summed E-state index contributed by atoms with van der Waals surface area (Å²) in [5.74, 6) is 0.601. The molecule has 5 heteroatoms. The van der Waals surface area contributed by atoms with Gasteiger partial charge in [0.1, 0.15) is 11.5 Å². The van der Waals surface area contributed by atoms with Crippen LogP contribution in [0.4, 0.5) is 4.39 Å². The van der Waals surface area contributed by atoms with Gasteiger partial charge in [-0.1, -0.05) is 6.07 Å². The fourth-order valence-corrected chi connectivity index (χ4v) is 4.37. The smallest absolute Gasteiger partial charge is 0.267 e.